The normalized spacial score (nSPS) is 16.3. The highest BCUT2D eigenvalue weighted by molar-refractivity contribution is 7.79. The Morgan fingerprint density at radius 3 is 2.32 bits per heavy atom. The summed E-state index contributed by atoms with van der Waals surface area (Å²) in [5.74, 6) is -0.451. The van der Waals surface area contributed by atoms with Gasteiger partial charge in [-0.15, -0.1) is 0 Å². The molecule has 2 atom stereocenters. The van der Waals surface area contributed by atoms with Gasteiger partial charge in [0.15, 0.2) is 16.8 Å². The van der Waals surface area contributed by atoms with Crippen LogP contribution in [0.3, 0.4) is 0 Å². The van der Waals surface area contributed by atoms with E-state index < -0.39 is 22.2 Å². The highest BCUT2D eigenvalue weighted by Gasteiger charge is 2.32. The first-order chi connectivity index (χ1) is 16.3. The number of amides is 1. The minimum absolute atomic E-state index is 0.0523. The first-order valence-electron chi connectivity index (χ1n) is 10.8. The van der Waals surface area contributed by atoms with Crippen molar-refractivity contribution < 1.29 is 13.6 Å². The maximum absolute atomic E-state index is 13.4. The number of aromatic nitrogens is 2. The lowest BCUT2D eigenvalue weighted by Crippen LogP contribution is -2.45. The van der Waals surface area contributed by atoms with Crippen molar-refractivity contribution in [2.24, 2.45) is 0 Å². The summed E-state index contributed by atoms with van der Waals surface area (Å²) >= 11 is 16.4. The second-order valence-electron chi connectivity index (χ2n) is 8.03. The van der Waals surface area contributed by atoms with Gasteiger partial charge in [-0.25, -0.2) is 13.9 Å². The molecule has 7 nitrogen and oxygen atoms in total. The summed E-state index contributed by atoms with van der Waals surface area (Å²) in [6, 6.07) is 11.9. The predicted molar refractivity (Wildman–Crippen MR) is 136 cm³/mol. The molecular formula is C23H23Cl3N4O3S. The summed E-state index contributed by atoms with van der Waals surface area (Å²) in [5, 5.41) is 6.85. The van der Waals surface area contributed by atoms with Crippen LogP contribution in [0.5, 0.6) is 0 Å². The molecule has 0 bridgehead atoms. The van der Waals surface area contributed by atoms with E-state index in [0.29, 0.717) is 37.6 Å². The van der Waals surface area contributed by atoms with Crippen LogP contribution < -0.4 is 5.43 Å². The topological polar surface area (TPSA) is 87.5 Å². The quantitative estimate of drug-likeness (QED) is 0.379. The number of halogens is 3. The van der Waals surface area contributed by atoms with Gasteiger partial charge in [-0.05, 0) is 50.1 Å². The van der Waals surface area contributed by atoms with Gasteiger partial charge in [0.25, 0.3) is 5.91 Å². The molecule has 0 saturated carbocycles. The van der Waals surface area contributed by atoms with Gasteiger partial charge in [-0.3, -0.25) is 10.2 Å². The molecule has 1 aromatic heterocycles. The molecule has 180 valence electrons. The van der Waals surface area contributed by atoms with Gasteiger partial charge in [0, 0.05) is 34.3 Å². The summed E-state index contributed by atoms with van der Waals surface area (Å²) in [6.45, 7) is 3.05. The zero-order valence-corrected chi connectivity index (χ0v) is 21.4. The number of benzene rings is 2. The SMILES string of the molecule is CC(c1c(C(=O)NN2CCCCC2)nn(-c2ccc(Cl)cc2Cl)c1-c1ccc(Cl)cc1)S(=O)O. The standard InChI is InChI=1S/C23H23Cl3N4O3S/c1-14(34(32)33)20-21(23(31)28-29-11-3-2-4-12-29)27-30(19-10-9-17(25)13-18(19)26)22(20)15-5-7-16(24)8-6-15/h5-10,13-14H,2-4,11-12H2,1H3,(H,28,31)(H,32,33). The van der Waals surface area contributed by atoms with E-state index in [2.05, 4.69) is 10.5 Å². The summed E-state index contributed by atoms with van der Waals surface area (Å²) in [7, 11) is 0. The van der Waals surface area contributed by atoms with Crippen molar-refractivity contribution in [1.29, 1.82) is 0 Å². The van der Waals surface area contributed by atoms with Crippen molar-refractivity contribution in [2.45, 2.75) is 31.4 Å². The van der Waals surface area contributed by atoms with E-state index in [1.54, 1.807) is 49.4 Å². The number of nitrogens with zero attached hydrogens (tertiary/aromatic N) is 3. The fourth-order valence-corrected chi connectivity index (χ4v) is 5.04. The Morgan fingerprint density at radius 2 is 1.71 bits per heavy atom. The maximum Gasteiger partial charge on any atom is 0.286 e. The van der Waals surface area contributed by atoms with E-state index in [4.69, 9.17) is 34.8 Å². The van der Waals surface area contributed by atoms with Crippen LogP contribution in [0.25, 0.3) is 16.9 Å². The van der Waals surface area contributed by atoms with Gasteiger partial charge in [0.05, 0.1) is 21.7 Å². The number of hydrogen-bond acceptors (Lipinski definition) is 4. The van der Waals surface area contributed by atoms with Crippen LogP contribution in [0, 0.1) is 0 Å². The number of carbonyl (C=O) groups is 1. The zero-order valence-electron chi connectivity index (χ0n) is 18.3. The lowest BCUT2D eigenvalue weighted by atomic mass is 10.0. The van der Waals surface area contributed by atoms with Crippen LogP contribution in [0.2, 0.25) is 15.1 Å². The third kappa shape index (κ3) is 5.32. The van der Waals surface area contributed by atoms with Crippen molar-refractivity contribution in [3.8, 4) is 16.9 Å². The zero-order chi connectivity index (χ0) is 24.4. The molecule has 1 amide bonds. The van der Waals surface area contributed by atoms with Gasteiger partial charge in [0.1, 0.15) is 0 Å². The Morgan fingerprint density at radius 1 is 1.06 bits per heavy atom. The van der Waals surface area contributed by atoms with Crippen LogP contribution in [-0.2, 0) is 11.1 Å². The molecule has 1 aliphatic heterocycles. The molecule has 1 saturated heterocycles. The molecule has 0 radical (unpaired) electrons. The highest BCUT2D eigenvalue weighted by Crippen LogP contribution is 2.38. The number of carbonyl (C=O) groups excluding carboxylic acids is 1. The molecule has 3 aromatic rings. The van der Waals surface area contributed by atoms with Gasteiger partial charge >= 0.3 is 0 Å². The van der Waals surface area contributed by atoms with E-state index >= 15 is 0 Å². The minimum Gasteiger partial charge on any atom is -0.306 e. The number of nitrogens with one attached hydrogen (secondary N) is 1. The third-order valence-electron chi connectivity index (χ3n) is 5.72. The number of piperidine rings is 1. The second kappa shape index (κ2) is 10.8. The lowest BCUT2D eigenvalue weighted by Gasteiger charge is -2.26. The molecule has 2 aromatic carbocycles. The fraction of sp³-hybridized carbons (Fsp3) is 0.304. The Hall–Kier alpha value is -1.94. The van der Waals surface area contributed by atoms with E-state index in [9.17, 15) is 13.6 Å². The van der Waals surface area contributed by atoms with Crippen LogP contribution >= 0.6 is 34.8 Å². The smallest absolute Gasteiger partial charge is 0.286 e. The van der Waals surface area contributed by atoms with Gasteiger partial charge < -0.3 is 4.55 Å². The lowest BCUT2D eigenvalue weighted by molar-refractivity contribution is 0.0743. The van der Waals surface area contributed by atoms with E-state index in [1.165, 1.54) is 4.68 Å². The third-order valence-corrected chi connectivity index (χ3v) is 7.35. The minimum atomic E-state index is -2.26. The van der Waals surface area contributed by atoms with E-state index in [-0.39, 0.29) is 5.69 Å². The first kappa shape index (κ1) is 25.2. The molecule has 0 aliphatic carbocycles. The molecule has 2 heterocycles. The molecule has 34 heavy (non-hydrogen) atoms. The number of rotatable bonds is 6. The Labute approximate surface area is 215 Å². The molecule has 11 heteroatoms. The van der Waals surface area contributed by atoms with Crippen LogP contribution in [0.4, 0.5) is 0 Å². The summed E-state index contributed by atoms with van der Waals surface area (Å²) in [6.07, 6.45) is 3.08. The average Bonchev–Trinajstić information content (AvgIpc) is 3.20. The van der Waals surface area contributed by atoms with E-state index in [0.717, 1.165) is 32.4 Å². The highest BCUT2D eigenvalue weighted by atomic mass is 35.5. The summed E-state index contributed by atoms with van der Waals surface area (Å²) < 4.78 is 23.8. The van der Waals surface area contributed by atoms with E-state index in [1.807, 2.05) is 5.01 Å². The largest absolute Gasteiger partial charge is 0.306 e. The summed E-state index contributed by atoms with van der Waals surface area (Å²) in [5.41, 5.74) is 4.91. The molecule has 2 unspecified atom stereocenters. The Kier molecular flexibility index (Phi) is 7.97. The second-order valence-corrected chi connectivity index (χ2v) is 10.6. The fourth-order valence-electron chi connectivity index (χ4n) is 4.00. The number of hydrogen-bond donors (Lipinski definition) is 2. The molecule has 1 aliphatic rings. The maximum atomic E-state index is 13.4. The van der Waals surface area contributed by atoms with Gasteiger partial charge in [-0.2, -0.15) is 5.10 Å². The Bertz CT molecular complexity index is 1230. The summed E-state index contributed by atoms with van der Waals surface area (Å²) in [4.78, 5) is 13.4. The molecule has 4 rings (SSSR count). The van der Waals surface area contributed by atoms with Crippen LogP contribution in [-0.4, -0.2) is 42.5 Å². The number of hydrazine groups is 1. The average molecular weight is 542 g/mol. The van der Waals surface area contributed by atoms with Crippen molar-refractivity contribution in [2.75, 3.05) is 13.1 Å². The molecule has 1 fully saturated rings. The monoisotopic (exact) mass is 540 g/mol. The van der Waals surface area contributed by atoms with Crippen molar-refractivity contribution in [3.05, 3.63) is 68.8 Å². The van der Waals surface area contributed by atoms with Crippen LogP contribution in [0.1, 0.15) is 47.5 Å². The Balaban J connectivity index is 1.94. The van der Waals surface area contributed by atoms with Gasteiger partial charge in [-0.1, -0.05) is 53.4 Å². The van der Waals surface area contributed by atoms with Crippen LogP contribution in [0.15, 0.2) is 42.5 Å². The van der Waals surface area contributed by atoms with Gasteiger partial charge in [0.2, 0.25) is 0 Å². The predicted octanol–water partition coefficient (Wildman–Crippen LogP) is 5.91. The van der Waals surface area contributed by atoms with Crippen molar-refractivity contribution in [3.63, 3.8) is 0 Å². The molecular weight excluding hydrogens is 519 g/mol. The first-order valence-corrected chi connectivity index (χ1v) is 13.1. The van der Waals surface area contributed by atoms with Crippen molar-refractivity contribution >= 4 is 51.8 Å². The molecule has 0 spiro atoms. The van der Waals surface area contributed by atoms with Crippen molar-refractivity contribution in [1.82, 2.24) is 20.2 Å². The molecule has 2 N–H and O–H groups in total.